The van der Waals surface area contributed by atoms with Crippen molar-refractivity contribution in [3.8, 4) is 0 Å². The highest BCUT2D eigenvalue weighted by Gasteiger charge is 2.46. The predicted octanol–water partition coefficient (Wildman–Crippen LogP) is 4.09. The number of fused-ring (bicyclic) bond motifs is 2. The molecule has 4 heteroatoms. The molecule has 4 nitrogen and oxygen atoms in total. The number of nitrogens with zero attached hydrogens (tertiary/aromatic N) is 2. The van der Waals surface area contributed by atoms with E-state index < -0.39 is 0 Å². The van der Waals surface area contributed by atoms with Crippen LogP contribution in [-0.2, 0) is 15.0 Å². The Kier molecular flexibility index (Phi) is 5.48. The maximum Gasteiger partial charge on any atom is 0.225 e. The molecule has 1 saturated heterocycles. The lowest BCUT2D eigenvalue weighted by atomic mass is 9.73. The van der Waals surface area contributed by atoms with Crippen LogP contribution in [0.25, 0.3) is 0 Å². The summed E-state index contributed by atoms with van der Waals surface area (Å²) >= 11 is 0. The minimum Gasteiger partial charge on any atom is -0.349 e. The molecule has 1 aliphatic heterocycles. The fourth-order valence-electron chi connectivity index (χ4n) is 5.84. The molecule has 1 aromatic carbocycles. The van der Waals surface area contributed by atoms with E-state index in [1.54, 1.807) is 4.90 Å². The second-order valence-corrected chi connectivity index (χ2v) is 9.42. The molecule has 2 aliphatic carbocycles. The molecule has 28 heavy (non-hydrogen) atoms. The van der Waals surface area contributed by atoms with Crippen LogP contribution < -0.4 is 0 Å². The molecule has 1 spiro atoms. The number of hydrogen-bond acceptors (Lipinski definition) is 2. The summed E-state index contributed by atoms with van der Waals surface area (Å²) in [6.07, 6.45) is 9.59. The third-order valence-corrected chi connectivity index (χ3v) is 7.52. The van der Waals surface area contributed by atoms with E-state index in [9.17, 15) is 9.59 Å². The number of piperidine rings is 1. The fraction of sp³-hybridized carbons (Fsp3) is 0.667. The SMILES string of the molecule is CN(C)C(=O)C[C@@H]1CC2(CCN(C(=O)C3CCCCC3)CC2)c2ccccc21. The summed E-state index contributed by atoms with van der Waals surface area (Å²) in [5.41, 5.74) is 2.96. The standard InChI is InChI=1S/C24H34N2O2/c1-25(2)22(27)16-19-17-24(21-11-7-6-10-20(19)21)12-14-26(15-13-24)23(28)18-8-4-3-5-9-18/h6-7,10-11,18-19H,3-5,8-9,12-17H2,1-2H3/t19-/m1/s1. The zero-order valence-electron chi connectivity index (χ0n) is 17.5. The summed E-state index contributed by atoms with van der Waals surface area (Å²) in [4.78, 5) is 29.2. The first-order chi connectivity index (χ1) is 13.5. The van der Waals surface area contributed by atoms with Gasteiger partial charge in [0.2, 0.25) is 11.8 Å². The van der Waals surface area contributed by atoms with Crippen LogP contribution >= 0.6 is 0 Å². The molecule has 0 radical (unpaired) electrons. The number of hydrogen-bond donors (Lipinski definition) is 0. The molecule has 2 fully saturated rings. The highest BCUT2D eigenvalue weighted by atomic mass is 16.2. The molecule has 1 aromatic rings. The number of carbonyl (C=O) groups is 2. The molecule has 1 heterocycles. The Hall–Kier alpha value is -1.84. The van der Waals surface area contributed by atoms with Crippen LogP contribution in [0.2, 0.25) is 0 Å². The monoisotopic (exact) mass is 382 g/mol. The smallest absolute Gasteiger partial charge is 0.225 e. The molecular weight excluding hydrogens is 348 g/mol. The van der Waals surface area contributed by atoms with Crippen LogP contribution in [0.15, 0.2) is 24.3 Å². The zero-order valence-corrected chi connectivity index (χ0v) is 17.5. The van der Waals surface area contributed by atoms with Crippen LogP contribution in [0.1, 0.15) is 74.8 Å². The Balaban J connectivity index is 1.47. The van der Waals surface area contributed by atoms with Crippen molar-refractivity contribution in [2.24, 2.45) is 5.92 Å². The Morgan fingerprint density at radius 2 is 1.75 bits per heavy atom. The quantitative estimate of drug-likeness (QED) is 0.790. The van der Waals surface area contributed by atoms with Crippen molar-refractivity contribution in [3.63, 3.8) is 0 Å². The largest absolute Gasteiger partial charge is 0.349 e. The Labute approximate surface area is 169 Å². The maximum absolute atomic E-state index is 13.0. The predicted molar refractivity (Wildman–Crippen MR) is 111 cm³/mol. The number of likely N-dealkylation sites (tertiary alicyclic amines) is 1. The van der Waals surface area contributed by atoms with E-state index in [2.05, 4.69) is 29.2 Å². The maximum atomic E-state index is 13.0. The van der Waals surface area contributed by atoms with E-state index in [0.717, 1.165) is 45.2 Å². The number of amides is 2. The molecule has 0 N–H and O–H groups in total. The van der Waals surface area contributed by atoms with Gasteiger partial charge in [-0.1, -0.05) is 43.5 Å². The highest BCUT2D eigenvalue weighted by Crippen LogP contribution is 2.52. The summed E-state index contributed by atoms with van der Waals surface area (Å²) in [5, 5.41) is 0. The van der Waals surface area contributed by atoms with Gasteiger partial charge in [-0.3, -0.25) is 9.59 Å². The molecule has 0 unspecified atom stereocenters. The molecular formula is C24H34N2O2. The van der Waals surface area contributed by atoms with Crippen LogP contribution in [-0.4, -0.2) is 48.8 Å². The highest BCUT2D eigenvalue weighted by molar-refractivity contribution is 5.79. The van der Waals surface area contributed by atoms with Gasteiger partial charge in [0.1, 0.15) is 0 Å². The van der Waals surface area contributed by atoms with Crippen molar-refractivity contribution in [1.29, 1.82) is 0 Å². The average molecular weight is 383 g/mol. The minimum absolute atomic E-state index is 0.150. The van der Waals surface area contributed by atoms with Gasteiger partial charge in [-0.05, 0) is 54.6 Å². The second-order valence-electron chi connectivity index (χ2n) is 9.42. The Morgan fingerprint density at radius 1 is 1.07 bits per heavy atom. The summed E-state index contributed by atoms with van der Waals surface area (Å²) in [5.74, 6) is 1.19. The van der Waals surface area contributed by atoms with Gasteiger partial charge in [-0.25, -0.2) is 0 Å². The van der Waals surface area contributed by atoms with Crippen molar-refractivity contribution >= 4 is 11.8 Å². The lowest BCUT2D eigenvalue weighted by Gasteiger charge is -2.42. The van der Waals surface area contributed by atoms with Gasteiger partial charge in [-0.2, -0.15) is 0 Å². The fourth-order valence-corrected chi connectivity index (χ4v) is 5.84. The molecule has 1 atom stereocenters. The van der Waals surface area contributed by atoms with Gasteiger partial charge < -0.3 is 9.80 Å². The second kappa shape index (κ2) is 7.88. The van der Waals surface area contributed by atoms with Gasteiger partial charge in [0.05, 0.1) is 0 Å². The first-order valence-corrected chi connectivity index (χ1v) is 11.1. The van der Waals surface area contributed by atoms with E-state index in [1.807, 2.05) is 14.1 Å². The van der Waals surface area contributed by atoms with Crippen molar-refractivity contribution in [3.05, 3.63) is 35.4 Å². The van der Waals surface area contributed by atoms with E-state index in [-0.39, 0.29) is 17.2 Å². The van der Waals surface area contributed by atoms with Crippen molar-refractivity contribution in [1.82, 2.24) is 9.80 Å². The number of carbonyl (C=O) groups excluding carboxylic acids is 2. The van der Waals surface area contributed by atoms with Crippen molar-refractivity contribution in [2.75, 3.05) is 27.2 Å². The van der Waals surface area contributed by atoms with E-state index in [4.69, 9.17) is 0 Å². The Bertz CT molecular complexity index is 728. The summed E-state index contributed by atoms with van der Waals surface area (Å²) < 4.78 is 0. The van der Waals surface area contributed by atoms with Crippen LogP contribution in [0.4, 0.5) is 0 Å². The lowest BCUT2D eigenvalue weighted by Crippen LogP contribution is -2.46. The van der Waals surface area contributed by atoms with Crippen molar-refractivity contribution in [2.45, 2.75) is 69.1 Å². The summed E-state index contributed by atoms with van der Waals surface area (Å²) in [6, 6.07) is 8.73. The molecule has 3 aliphatic rings. The van der Waals surface area contributed by atoms with Gasteiger partial charge in [0.25, 0.3) is 0 Å². The Morgan fingerprint density at radius 3 is 2.43 bits per heavy atom. The third-order valence-electron chi connectivity index (χ3n) is 7.52. The molecule has 0 bridgehead atoms. The molecule has 152 valence electrons. The summed E-state index contributed by atoms with van der Waals surface area (Å²) in [6.45, 7) is 1.75. The van der Waals surface area contributed by atoms with E-state index in [1.165, 1.54) is 30.4 Å². The van der Waals surface area contributed by atoms with Crippen molar-refractivity contribution < 1.29 is 9.59 Å². The summed E-state index contributed by atoms with van der Waals surface area (Å²) in [7, 11) is 3.68. The van der Waals surface area contributed by atoms with E-state index >= 15 is 0 Å². The van der Waals surface area contributed by atoms with Gasteiger partial charge in [-0.15, -0.1) is 0 Å². The van der Waals surface area contributed by atoms with Gasteiger partial charge in [0, 0.05) is 39.5 Å². The normalized spacial score (nSPS) is 24.2. The minimum atomic E-state index is 0.150. The van der Waals surface area contributed by atoms with E-state index in [0.29, 0.717) is 18.2 Å². The topological polar surface area (TPSA) is 40.6 Å². The molecule has 1 saturated carbocycles. The first-order valence-electron chi connectivity index (χ1n) is 11.1. The lowest BCUT2D eigenvalue weighted by molar-refractivity contribution is -0.138. The number of benzene rings is 1. The molecule has 4 rings (SSSR count). The zero-order chi connectivity index (χ0) is 19.7. The average Bonchev–Trinajstić information content (AvgIpc) is 3.02. The van der Waals surface area contributed by atoms with Crippen LogP contribution in [0.5, 0.6) is 0 Å². The molecule has 0 aromatic heterocycles. The van der Waals surface area contributed by atoms with Gasteiger partial charge in [0.15, 0.2) is 0 Å². The first kappa shape index (κ1) is 19.5. The van der Waals surface area contributed by atoms with Crippen LogP contribution in [0, 0.1) is 5.92 Å². The van der Waals surface area contributed by atoms with Crippen LogP contribution in [0.3, 0.4) is 0 Å². The number of rotatable bonds is 3. The third kappa shape index (κ3) is 3.58. The molecule has 2 amide bonds. The van der Waals surface area contributed by atoms with Gasteiger partial charge >= 0.3 is 0 Å².